The first-order chi connectivity index (χ1) is 28.7. The second kappa shape index (κ2) is 11.9. The molecule has 0 aliphatic carbocycles. The van der Waals surface area contributed by atoms with Gasteiger partial charge in [0.25, 0.3) is 0 Å². The van der Waals surface area contributed by atoms with Crippen molar-refractivity contribution in [2.75, 3.05) is 0 Å². The van der Waals surface area contributed by atoms with E-state index in [9.17, 15) is 15.8 Å². The maximum Gasteiger partial charge on any atom is 0.104 e. The summed E-state index contributed by atoms with van der Waals surface area (Å²) in [5.41, 5.74) is 7.18. The van der Waals surface area contributed by atoms with Gasteiger partial charge in [-0.25, -0.2) is 0 Å². The number of fused-ring (bicyclic) bond motifs is 13. The van der Waals surface area contributed by atoms with Gasteiger partial charge >= 0.3 is 0 Å². The number of aromatic nitrogens is 3. The number of hydrogen-bond donors (Lipinski definition) is 0. The average Bonchev–Trinajstić information content (AvgIpc) is 4.02. The van der Waals surface area contributed by atoms with Gasteiger partial charge in [0, 0.05) is 52.5 Å². The highest BCUT2D eigenvalue weighted by atomic mass is 32.1. The highest BCUT2D eigenvalue weighted by molar-refractivity contribution is 7.26. The van der Waals surface area contributed by atoms with Crippen molar-refractivity contribution in [3.8, 4) is 35.3 Å². The molecule has 7 heteroatoms. The molecule has 0 atom stereocenters. The third-order valence-electron chi connectivity index (χ3n) is 11.8. The molecule has 0 fully saturated rings. The summed E-state index contributed by atoms with van der Waals surface area (Å²) in [7, 11) is 0. The number of hydrogen-bond acceptors (Lipinski definition) is 4. The van der Waals surface area contributed by atoms with Crippen molar-refractivity contribution in [3.63, 3.8) is 0 Å². The Hall–Kier alpha value is -8.15. The molecule has 6 nitrogen and oxygen atoms in total. The van der Waals surface area contributed by atoms with Crippen LogP contribution >= 0.6 is 11.3 Å². The largest absolute Gasteiger partial charge is 0.306 e. The minimum absolute atomic E-state index is 0.238. The van der Waals surface area contributed by atoms with Crippen LogP contribution in [0.25, 0.3) is 103 Å². The Morgan fingerprint density at radius 1 is 0.328 bits per heavy atom. The molecule has 0 aliphatic rings. The summed E-state index contributed by atoms with van der Waals surface area (Å²) in [5.74, 6) is 0. The van der Waals surface area contributed by atoms with E-state index >= 15 is 0 Å². The molecule has 58 heavy (non-hydrogen) atoms. The third kappa shape index (κ3) is 4.06. The number of thiophene rings is 1. The Morgan fingerprint density at radius 2 is 0.672 bits per heavy atom. The van der Waals surface area contributed by atoms with Crippen LogP contribution in [0, 0.1) is 34.0 Å². The van der Waals surface area contributed by atoms with Crippen LogP contribution in [0.3, 0.4) is 0 Å². The molecule has 0 bridgehead atoms. The van der Waals surface area contributed by atoms with E-state index in [1.807, 2.05) is 84.9 Å². The van der Waals surface area contributed by atoms with Gasteiger partial charge in [0.1, 0.15) is 34.9 Å². The predicted octanol–water partition coefficient (Wildman–Crippen LogP) is 13.0. The molecule has 0 unspecified atom stereocenters. The fourth-order valence-electron chi connectivity index (χ4n) is 9.50. The molecule has 4 heterocycles. The fourth-order valence-corrected chi connectivity index (χ4v) is 10.8. The summed E-state index contributed by atoms with van der Waals surface area (Å²) in [4.78, 5) is 0. The molecule has 12 aromatic rings. The van der Waals surface area contributed by atoms with Crippen LogP contribution in [0.4, 0.5) is 0 Å². The summed E-state index contributed by atoms with van der Waals surface area (Å²) in [6.45, 7) is 0. The van der Waals surface area contributed by atoms with Gasteiger partial charge in [0.2, 0.25) is 0 Å². The highest BCUT2D eigenvalue weighted by Crippen LogP contribution is 2.47. The van der Waals surface area contributed by atoms with Gasteiger partial charge in [-0.3, -0.25) is 0 Å². The van der Waals surface area contributed by atoms with E-state index in [2.05, 4.69) is 105 Å². The molecule has 12 rings (SSSR count). The Morgan fingerprint density at radius 3 is 1.10 bits per heavy atom. The molecular formula is C51H26N6S. The normalized spacial score (nSPS) is 11.7. The maximum absolute atomic E-state index is 11.7. The van der Waals surface area contributed by atoms with Gasteiger partial charge in [-0.15, -0.1) is 11.3 Å². The van der Waals surface area contributed by atoms with E-state index in [4.69, 9.17) is 0 Å². The summed E-state index contributed by atoms with van der Waals surface area (Å²) in [6.07, 6.45) is 0. The second-order valence-corrected chi connectivity index (χ2v) is 15.6. The van der Waals surface area contributed by atoms with Crippen LogP contribution < -0.4 is 0 Å². The molecule has 0 amide bonds. The lowest BCUT2D eigenvalue weighted by Crippen LogP contribution is -2.14. The zero-order valence-electron chi connectivity index (χ0n) is 30.6. The van der Waals surface area contributed by atoms with Crippen LogP contribution in [-0.4, -0.2) is 13.7 Å². The van der Waals surface area contributed by atoms with Crippen molar-refractivity contribution in [2.45, 2.75) is 0 Å². The monoisotopic (exact) mass is 754 g/mol. The second-order valence-electron chi connectivity index (χ2n) is 14.5. The molecular weight excluding hydrogens is 729 g/mol. The lowest BCUT2D eigenvalue weighted by molar-refractivity contribution is 1.06. The van der Waals surface area contributed by atoms with E-state index < -0.39 is 0 Å². The van der Waals surface area contributed by atoms with Crippen LogP contribution in [0.15, 0.2) is 158 Å². The summed E-state index contributed by atoms with van der Waals surface area (Å²) < 4.78 is 8.55. The third-order valence-corrected chi connectivity index (χ3v) is 13.0. The van der Waals surface area contributed by atoms with E-state index in [0.717, 1.165) is 75.5 Å². The molecule has 4 aromatic heterocycles. The topological polar surface area (TPSA) is 86.2 Å². The molecule has 0 saturated carbocycles. The molecule has 0 spiro atoms. The number of nitriles is 3. The van der Waals surface area contributed by atoms with Gasteiger partial charge < -0.3 is 13.7 Å². The first-order valence-corrected chi connectivity index (χ1v) is 19.8. The van der Waals surface area contributed by atoms with E-state index in [0.29, 0.717) is 17.1 Å². The minimum atomic E-state index is 0.238. The SMILES string of the molecule is N#Cc1c(-n2c3ccccc3c3ccccc32)c(C#N)c(-n2c3ccccc3c3c4sc5ccccc5c4ccc32)c(C#N)c1-n1c2ccccc2c2ccccc21. The summed E-state index contributed by atoms with van der Waals surface area (Å²) in [6, 6.07) is 61.2. The van der Waals surface area contributed by atoms with Crippen LogP contribution in [-0.2, 0) is 0 Å². The smallest absolute Gasteiger partial charge is 0.104 e. The number of rotatable bonds is 3. The number of benzene rings is 8. The molecule has 0 radical (unpaired) electrons. The first-order valence-electron chi connectivity index (χ1n) is 19.0. The predicted molar refractivity (Wildman–Crippen MR) is 236 cm³/mol. The number of nitrogens with zero attached hydrogens (tertiary/aromatic N) is 6. The number of para-hydroxylation sites is 5. The van der Waals surface area contributed by atoms with Gasteiger partial charge in [-0.05, 0) is 42.5 Å². The lowest BCUT2D eigenvalue weighted by atomic mass is 9.96. The van der Waals surface area contributed by atoms with Gasteiger partial charge in [-0.1, -0.05) is 115 Å². The zero-order valence-corrected chi connectivity index (χ0v) is 31.4. The Kier molecular flexibility index (Phi) is 6.61. The standard InChI is InChI=1S/C51H26N6S/c52-27-37-48(55-40-19-7-1-13-30(40)31-14-2-8-20-41(31)55)38(28-53)50(39(29-54)49(37)56-42-21-9-3-15-32(42)33-16-4-10-22-43(33)56)57-44-23-11-5-18-36(44)47-45(57)26-25-35-34-17-6-12-24-46(34)58-51(35)47/h1-26H. The molecule has 0 N–H and O–H groups in total. The van der Waals surface area contributed by atoms with Gasteiger partial charge in [-0.2, -0.15) is 15.8 Å². The van der Waals surface area contributed by atoms with E-state index in [-0.39, 0.29) is 16.7 Å². The average molecular weight is 755 g/mol. The van der Waals surface area contributed by atoms with Gasteiger partial charge in [0.15, 0.2) is 0 Å². The van der Waals surface area contributed by atoms with Gasteiger partial charge in [0.05, 0.1) is 50.2 Å². The van der Waals surface area contributed by atoms with E-state index in [1.165, 1.54) is 10.1 Å². The van der Waals surface area contributed by atoms with Crippen molar-refractivity contribution in [3.05, 3.63) is 174 Å². The molecule has 0 aliphatic heterocycles. The van der Waals surface area contributed by atoms with Crippen LogP contribution in [0.1, 0.15) is 16.7 Å². The van der Waals surface area contributed by atoms with Crippen molar-refractivity contribution in [1.29, 1.82) is 15.8 Å². The Labute approximate surface area is 334 Å². The first kappa shape index (κ1) is 32.1. The summed E-state index contributed by atoms with van der Waals surface area (Å²) in [5, 5.41) is 43.3. The minimum Gasteiger partial charge on any atom is -0.306 e. The van der Waals surface area contributed by atoms with Crippen molar-refractivity contribution in [2.24, 2.45) is 0 Å². The van der Waals surface area contributed by atoms with Crippen LogP contribution in [0.2, 0.25) is 0 Å². The highest BCUT2D eigenvalue weighted by Gasteiger charge is 2.32. The Balaban J connectivity index is 1.37. The fraction of sp³-hybridized carbons (Fsp3) is 0. The molecule has 8 aromatic carbocycles. The zero-order chi connectivity index (χ0) is 38.6. The lowest BCUT2D eigenvalue weighted by Gasteiger charge is -2.23. The Bertz CT molecular complexity index is 3650. The van der Waals surface area contributed by atoms with Crippen molar-refractivity contribution >= 4 is 96.9 Å². The van der Waals surface area contributed by atoms with E-state index in [1.54, 1.807) is 11.3 Å². The van der Waals surface area contributed by atoms with Crippen molar-refractivity contribution < 1.29 is 0 Å². The van der Waals surface area contributed by atoms with Crippen LogP contribution in [0.5, 0.6) is 0 Å². The maximum atomic E-state index is 11.7. The molecule has 266 valence electrons. The summed E-state index contributed by atoms with van der Waals surface area (Å²) >= 11 is 1.75. The molecule has 0 saturated heterocycles. The quantitative estimate of drug-likeness (QED) is 0.180. The van der Waals surface area contributed by atoms with Crippen molar-refractivity contribution in [1.82, 2.24) is 13.7 Å².